The molecule has 0 saturated heterocycles. The smallest absolute Gasteiger partial charge is 0.238 e. The van der Waals surface area contributed by atoms with Gasteiger partial charge in [0, 0.05) is 18.3 Å². The normalized spacial score (nSPS) is 15.4. The van der Waals surface area contributed by atoms with Gasteiger partial charge in [-0.25, -0.2) is 0 Å². The van der Waals surface area contributed by atoms with Gasteiger partial charge in [0.25, 0.3) is 0 Å². The summed E-state index contributed by atoms with van der Waals surface area (Å²) in [7, 11) is 5.08. The van der Waals surface area contributed by atoms with E-state index in [1.807, 2.05) is 67.7 Å². The second kappa shape index (κ2) is 9.02. The largest absolute Gasteiger partial charge is 0.493 e. The average Bonchev–Trinajstić information content (AvgIpc) is 3.12. The lowest BCUT2D eigenvalue weighted by Gasteiger charge is -2.15. The van der Waals surface area contributed by atoms with Crippen LogP contribution in [0.3, 0.4) is 0 Å². The van der Waals surface area contributed by atoms with E-state index in [-0.39, 0.29) is 5.91 Å². The molecule has 158 valence electrons. The third kappa shape index (κ3) is 4.15. The highest BCUT2D eigenvalue weighted by Gasteiger charge is 2.36. The Morgan fingerprint density at radius 1 is 1.00 bits per heavy atom. The molecule has 1 unspecified atom stereocenters. The first-order valence-corrected chi connectivity index (χ1v) is 10.1. The van der Waals surface area contributed by atoms with Crippen molar-refractivity contribution in [3.8, 4) is 11.5 Å². The SMILES string of the molecule is CNCc1ccc(N=C(c2ccccc2)C2C(=O)Nc3cc(OC)c(OC)cc32)cc1. The first-order chi connectivity index (χ1) is 15.1. The predicted octanol–water partition coefficient (Wildman–Crippen LogP) is 4.28. The molecule has 6 nitrogen and oxygen atoms in total. The second-order valence-corrected chi connectivity index (χ2v) is 7.28. The number of hydrogen-bond donors (Lipinski definition) is 2. The second-order valence-electron chi connectivity index (χ2n) is 7.28. The summed E-state index contributed by atoms with van der Waals surface area (Å²) in [6.07, 6.45) is 0. The zero-order chi connectivity index (χ0) is 21.8. The minimum Gasteiger partial charge on any atom is -0.493 e. The molecule has 0 radical (unpaired) electrons. The lowest BCUT2D eigenvalue weighted by atomic mass is 9.90. The number of methoxy groups -OCH3 is 2. The first-order valence-electron chi connectivity index (χ1n) is 10.1. The maximum Gasteiger partial charge on any atom is 0.238 e. The van der Waals surface area contributed by atoms with Crippen molar-refractivity contribution in [1.82, 2.24) is 5.32 Å². The van der Waals surface area contributed by atoms with E-state index in [0.717, 1.165) is 23.4 Å². The minimum absolute atomic E-state index is 0.125. The third-order valence-electron chi connectivity index (χ3n) is 5.30. The fraction of sp³-hybridized carbons (Fsp3) is 0.200. The maximum absolute atomic E-state index is 13.1. The number of nitrogens with one attached hydrogen (secondary N) is 2. The summed E-state index contributed by atoms with van der Waals surface area (Å²) in [6.45, 7) is 0.787. The van der Waals surface area contributed by atoms with Gasteiger partial charge in [-0.3, -0.25) is 9.79 Å². The number of fused-ring (bicyclic) bond motifs is 1. The molecule has 0 bridgehead atoms. The van der Waals surface area contributed by atoms with Crippen molar-refractivity contribution in [1.29, 1.82) is 0 Å². The van der Waals surface area contributed by atoms with E-state index in [0.29, 0.717) is 22.9 Å². The molecule has 2 N–H and O–H groups in total. The number of nitrogens with zero attached hydrogens (tertiary/aromatic N) is 1. The fourth-order valence-electron chi connectivity index (χ4n) is 3.80. The summed E-state index contributed by atoms with van der Waals surface area (Å²) in [5, 5.41) is 6.11. The van der Waals surface area contributed by atoms with Gasteiger partial charge in [0.05, 0.1) is 25.6 Å². The Kier molecular flexibility index (Phi) is 6.00. The molecular formula is C25H25N3O3. The lowest BCUT2D eigenvalue weighted by molar-refractivity contribution is -0.115. The van der Waals surface area contributed by atoms with Crippen LogP contribution in [0.15, 0.2) is 71.7 Å². The molecule has 3 aromatic rings. The molecule has 0 aliphatic carbocycles. The molecule has 1 atom stereocenters. The van der Waals surface area contributed by atoms with Crippen LogP contribution in [-0.2, 0) is 11.3 Å². The molecule has 1 aliphatic heterocycles. The van der Waals surface area contributed by atoms with Gasteiger partial charge >= 0.3 is 0 Å². The van der Waals surface area contributed by atoms with Gasteiger partial charge < -0.3 is 20.1 Å². The highest BCUT2D eigenvalue weighted by atomic mass is 16.5. The minimum atomic E-state index is -0.561. The molecule has 1 aliphatic rings. The molecule has 1 heterocycles. The van der Waals surface area contributed by atoms with E-state index in [9.17, 15) is 4.79 Å². The number of rotatable bonds is 7. The first kappa shape index (κ1) is 20.6. The predicted molar refractivity (Wildman–Crippen MR) is 123 cm³/mol. The summed E-state index contributed by atoms with van der Waals surface area (Å²) < 4.78 is 10.9. The van der Waals surface area contributed by atoms with Crippen LogP contribution in [0, 0.1) is 0 Å². The van der Waals surface area contributed by atoms with Crippen molar-refractivity contribution in [3.05, 3.63) is 83.4 Å². The van der Waals surface area contributed by atoms with E-state index in [1.54, 1.807) is 20.3 Å². The van der Waals surface area contributed by atoms with Crippen molar-refractivity contribution in [3.63, 3.8) is 0 Å². The van der Waals surface area contributed by atoms with Crippen LogP contribution in [0.4, 0.5) is 11.4 Å². The molecule has 6 heteroatoms. The molecular weight excluding hydrogens is 390 g/mol. The van der Waals surface area contributed by atoms with Crippen LogP contribution in [-0.4, -0.2) is 32.9 Å². The standard InChI is InChI=1S/C25H25N3O3/c1-26-15-16-9-11-18(12-10-16)27-24(17-7-5-4-6-8-17)23-19-13-21(30-2)22(31-3)14-20(19)28-25(23)29/h4-14,23,26H,15H2,1-3H3,(H,28,29). The van der Waals surface area contributed by atoms with E-state index in [1.165, 1.54) is 5.56 Å². The average molecular weight is 415 g/mol. The van der Waals surface area contributed by atoms with Crippen molar-refractivity contribution >= 4 is 23.0 Å². The van der Waals surface area contributed by atoms with E-state index in [4.69, 9.17) is 14.5 Å². The summed E-state index contributed by atoms with van der Waals surface area (Å²) in [4.78, 5) is 18.0. The molecule has 0 saturated carbocycles. The van der Waals surface area contributed by atoms with E-state index >= 15 is 0 Å². The van der Waals surface area contributed by atoms with Gasteiger partial charge in [-0.2, -0.15) is 0 Å². The summed E-state index contributed by atoms with van der Waals surface area (Å²) >= 11 is 0. The van der Waals surface area contributed by atoms with Gasteiger partial charge in [0.1, 0.15) is 5.92 Å². The Morgan fingerprint density at radius 2 is 1.68 bits per heavy atom. The highest BCUT2D eigenvalue weighted by molar-refractivity contribution is 6.24. The van der Waals surface area contributed by atoms with Crippen LogP contribution >= 0.6 is 0 Å². The molecule has 0 aromatic heterocycles. The number of carbonyl (C=O) groups excluding carboxylic acids is 1. The van der Waals surface area contributed by atoms with Gasteiger partial charge in [-0.05, 0) is 41.9 Å². The van der Waals surface area contributed by atoms with E-state index < -0.39 is 5.92 Å². The van der Waals surface area contributed by atoms with Crippen molar-refractivity contribution in [2.24, 2.45) is 4.99 Å². The quantitative estimate of drug-likeness (QED) is 0.565. The molecule has 4 rings (SSSR count). The molecule has 31 heavy (non-hydrogen) atoms. The van der Waals surface area contributed by atoms with Gasteiger partial charge in [0.2, 0.25) is 5.91 Å². The number of anilines is 1. The maximum atomic E-state index is 13.1. The number of amides is 1. The Balaban J connectivity index is 1.83. The van der Waals surface area contributed by atoms with Crippen molar-refractivity contribution in [2.75, 3.05) is 26.6 Å². The van der Waals surface area contributed by atoms with Crippen molar-refractivity contribution in [2.45, 2.75) is 12.5 Å². The number of carbonyl (C=O) groups is 1. The van der Waals surface area contributed by atoms with Gasteiger partial charge in [-0.15, -0.1) is 0 Å². The number of benzene rings is 3. The van der Waals surface area contributed by atoms with Crippen LogP contribution in [0.25, 0.3) is 0 Å². The van der Waals surface area contributed by atoms with Crippen LogP contribution in [0.5, 0.6) is 11.5 Å². The third-order valence-corrected chi connectivity index (χ3v) is 5.30. The summed E-state index contributed by atoms with van der Waals surface area (Å²) in [5.74, 6) is 0.459. The monoisotopic (exact) mass is 415 g/mol. The van der Waals surface area contributed by atoms with Gasteiger partial charge in [-0.1, -0.05) is 42.5 Å². The zero-order valence-corrected chi connectivity index (χ0v) is 17.8. The van der Waals surface area contributed by atoms with Gasteiger partial charge in [0.15, 0.2) is 11.5 Å². The van der Waals surface area contributed by atoms with Crippen LogP contribution < -0.4 is 20.1 Å². The molecule has 1 amide bonds. The Morgan fingerprint density at radius 3 is 2.32 bits per heavy atom. The molecule has 3 aromatic carbocycles. The lowest BCUT2D eigenvalue weighted by Crippen LogP contribution is -2.22. The Bertz CT molecular complexity index is 1110. The molecule has 0 fully saturated rings. The van der Waals surface area contributed by atoms with Crippen molar-refractivity contribution < 1.29 is 14.3 Å². The van der Waals surface area contributed by atoms with E-state index in [2.05, 4.69) is 10.6 Å². The number of hydrogen-bond acceptors (Lipinski definition) is 5. The summed E-state index contributed by atoms with van der Waals surface area (Å²) in [6, 6.07) is 21.4. The fourth-order valence-corrected chi connectivity index (χ4v) is 3.80. The molecule has 0 spiro atoms. The highest BCUT2D eigenvalue weighted by Crippen LogP contribution is 2.42. The summed E-state index contributed by atoms with van der Waals surface area (Å²) in [5.41, 5.74) is 5.07. The number of ether oxygens (including phenoxy) is 2. The van der Waals surface area contributed by atoms with Crippen LogP contribution in [0.1, 0.15) is 22.6 Å². The van der Waals surface area contributed by atoms with Crippen LogP contribution in [0.2, 0.25) is 0 Å². The Labute approximate surface area is 181 Å². The number of aliphatic imine (C=N–C) groups is 1. The topological polar surface area (TPSA) is 72.0 Å². The zero-order valence-electron chi connectivity index (χ0n) is 17.8. The Hall–Kier alpha value is -3.64.